The highest BCUT2D eigenvalue weighted by Gasteiger charge is 2.23. The second-order valence-corrected chi connectivity index (χ2v) is 6.89. The van der Waals surface area contributed by atoms with Gasteiger partial charge in [-0.3, -0.25) is 14.2 Å². The molecule has 1 fully saturated rings. The van der Waals surface area contributed by atoms with Crippen molar-refractivity contribution < 1.29 is 4.79 Å². The number of rotatable bonds is 4. The summed E-state index contributed by atoms with van der Waals surface area (Å²) < 4.78 is 3.35. The fourth-order valence-corrected chi connectivity index (χ4v) is 3.64. The van der Waals surface area contributed by atoms with E-state index in [-0.39, 0.29) is 17.5 Å². The molecule has 8 nitrogen and oxygen atoms in total. The Morgan fingerprint density at radius 3 is 2.61 bits per heavy atom. The van der Waals surface area contributed by atoms with Crippen molar-refractivity contribution in [1.29, 1.82) is 0 Å². The highest BCUT2D eigenvalue weighted by Crippen LogP contribution is 2.29. The van der Waals surface area contributed by atoms with E-state index in [4.69, 9.17) is 0 Å². The standard InChI is InChI=1S/C20H22N6O2/c1-15(27)22-16-7-11-24(12-8-16)19-14-17(25-10-3-2-4-20(25)28)5-6-18(19)26-13-9-21-23-26/h2-6,9-10,13-14,16H,7-8,11-12H2,1H3,(H,22,27). The SMILES string of the molecule is CC(=O)NC1CCN(c2cc(-n3ccccc3=O)ccc2-n2ccnn2)CC1. The third kappa shape index (κ3) is 3.66. The number of nitrogens with one attached hydrogen (secondary N) is 1. The predicted molar refractivity (Wildman–Crippen MR) is 106 cm³/mol. The van der Waals surface area contributed by atoms with Crippen LogP contribution >= 0.6 is 0 Å². The van der Waals surface area contributed by atoms with Crippen molar-refractivity contribution in [3.05, 3.63) is 65.3 Å². The summed E-state index contributed by atoms with van der Waals surface area (Å²) in [5, 5.41) is 11.0. The number of hydrogen-bond acceptors (Lipinski definition) is 5. The van der Waals surface area contributed by atoms with Crippen molar-refractivity contribution in [1.82, 2.24) is 24.9 Å². The van der Waals surface area contributed by atoms with Gasteiger partial charge in [0.15, 0.2) is 0 Å². The molecule has 1 aliphatic heterocycles. The van der Waals surface area contributed by atoms with E-state index in [1.54, 1.807) is 46.9 Å². The molecule has 1 saturated heterocycles. The molecule has 1 N–H and O–H groups in total. The van der Waals surface area contributed by atoms with Crippen LogP contribution in [-0.4, -0.2) is 44.6 Å². The van der Waals surface area contributed by atoms with Gasteiger partial charge >= 0.3 is 0 Å². The van der Waals surface area contributed by atoms with Crippen LogP contribution in [0, 0.1) is 0 Å². The van der Waals surface area contributed by atoms with E-state index in [0.29, 0.717) is 0 Å². The summed E-state index contributed by atoms with van der Waals surface area (Å²) in [7, 11) is 0. The van der Waals surface area contributed by atoms with E-state index in [1.165, 1.54) is 0 Å². The first-order valence-corrected chi connectivity index (χ1v) is 9.32. The Labute approximate surface area is 162 Å². The Bertz CT molecular complexity index is 1020. The van der Waals surface area contributed by atoms with Crippen molar-refractivity contribution in [3.8, 4) is 11.4 Å². The van der Waals surface area contributed by atoms with Gasteiger partial charge < -0.3 is 10.2 Å². The Hall–Kier alpha value is -3.42. The number of benzene rings is 1. The molecule has 3 heterocycles. The van der Waals surface area contributed by atoms with Gasteiger partial charge in [-0.1, -0.05) is 11.3 Å². The first-order chi connectivity index (χ1) is 13.6. The molecule has 2 aromatic heterocycles. The molecule has 1 aromatic carbocycles. The number of nitrogens with zero attached hydrogens (tertiary/aromatic N) is 5. The Morgan fingerprint density at radius 1 is 1.11 bits per heavy atom. The number of pyridine rings is 1. The molecule has 144 valence electrons. The normalized spacial score (nSPS) is 14.8. The Morgan fingerprint density at radius 2 is 1.93 bits per heavy atom. The van der Waals surface area contributed by atoms with E-state index >= 15 is 0 Å². The molecule has 8 heteroatoms. The topological polar surface area (TPSA) is 85.0 Å². The molecular weight excluding hydrogens is 356 g/mol. The maximum Gasteiger partial charge on any atom is 0.255 e. The summed E-state index contributed by atoms with van der Waals surface area (Å²) in [5.41, 5.74) is 2.61. The van der Waals surface area contributed by atoms with Crippen LogP contribution in [0.1, 0.15) is 19.8 Å². The summed E-state index contributed by atoms with van der Waals surface area (Å²) in [6.45, 7) is 3.16. The number of aromatic nitrogens is 4. The van der Waals surface area contributed by atoms with Crippen LogP contribution in [0.2, 0.25) is 0 Å². The Kier molecular flexibility index (Phi) is 4.92. The summed E-state index contributed by atoms with van der Waals surface area (Å²) in [5.74, 6) is 0.00667. The van der Waals surface area contributed by atoms with Gasteiger partial charge in [-0.2, -0.15) is 0 Å². The zero-order chi connectivity index (χ0) is 19.5. The minimum absolute atomic E-state index is 0.00667. The van der Waals surface area contributed by atoms with Crippen molar-refractivity contribution >= 4 is 11.6 Å². The molecule has 3 aromatic rings. The summed E-state index contributed by atoms with van der Waals surface area (Å²) in [6, 6.07) is 11.2. The highest BCUT2D eigenvalue weighted by molar-refractivity contribution is 5.73. The van der Waals surface area contributed by atoms with Crippen molar-refractivity contribution in [2.45, 2.75) is 25.8 Å². The molecule has 4 rings (SSSR count). The van der Waals surface area contributed by atoms with Gasteiger partial charge in [0, 0.05) is 38.3 Å². The van der Waals surface area contributed by atoms with E-state index < -0.39 is 0 Å². The smallest absolute Gasteiger partial charge is 0.255 e. The summed E-state index contributed by atoms with van der Waals surface area (Å²) >= 11 is 0. The van der Waals surface area contributed by atoms with E-state index in [0.717, 1.165) is 43.0 Å². The molecule has 0 saturated carbocycles. The van der Waals surface area contributed by atoms with E-state index in [9.17, 15) is 9.59 Å². The van der Waals surface area contributed by atoms with Crippen molar-refractivity contribution in [3.63, 3.8) is 0 Å². The third-order valence-electron chi connectivity index (χ3n) is 4.97. The maximum atomic E-state index is 12.2. The number of carbonyl (C=O) groups is 1. The lowest BCUT2D eigenvalue weighted by molar-refractivity contribution is -0.119. The van der Waals surface area contributed by atoms with Crippen molar-refractivity contribution in [2.75, 3.05) is 18.0 Å². The monoisotopic (exact) mass is 378 g/mol. The molecule has 0 bridgehead atoms. The number of piperidine rings is 1. The number of carbonyl (C=O) groups excluding carboxylic acids is 1. The minimum Gasteiger partial charge on any atom is -0.370 e. The van der Waals surface area contributed by atoms with Crippen LogP contribution in [0.15, 0.2) is 59.8 Å². The summed E-state index contributed by atoms with van der Waals surface area (Å²) in [6.07, 6.45) is 6.94. The maximum absolute atomic E-state index is 12.2. The van der Waals surface area contributed by atoms with Gasteiger partial charge in [-0.05, 0) is 37.1 Å². The average molecular weight is 378 g/mol. The third-order valence-corrected chi connectivity index (χ3v) is 4.97. The quantitative estimate of drug-likeness (QED) is 0.744. The molecule has 0 atom stereocenters. The van der Waals surface area contributed by atoms with Crippen LogP contribution in [-0.2, 0) is 4.79 Å². The number of anilines is 1. The molecule has 0 aliphatic carbocycles. The van der Waals surface area contributed by atoms with Gasteiger partial charge in [0.25, 0.3) is 5.56 Å². The zero-order valence-electron chi connectivity index (χ0n) is 15.7. The fraction of sp³-hybridized carbons (Fsp3) is 0.300. The van der Waals surface area contributed by atoms with Crippen LogP contribution in [0.25, 0.3) is 11.4 Å². The number of amides is 1. The lowest BCUT2D eigenvalue weighted by atomic mass is 10.0. The zero-order valence-corrected chi connectivity index (χ0v) is 15.7. The lowest BCUT2D eigenvalue weighted by Crippen LogP contribution is -2.44. The van der Waals surface area contributed by atoms with Crippen LogP contribution in [0.5, 0.6) is 0 Å². The van der Waals surface area contributed by atoms with Gasteiger partial charge in [0.05, 0.1) is 29.5 Å². The molecule has 1 amide bonds. The number of hydrogen-bond donors (Lipinski definition) is 1. The lowest BCUT2D eigenvalue weighted by Gasteiger charge is -2.35. The van der Waals surface area contributed by atoms with Gasteiger partial charge in [0.2, 0.25) is 5.91 Å². The van der Waals surface area contributed by atoms with Crippen LogP contribution in [0.3, 0.4) is 0 Å². The van der Waals surface area contributed by atoms with Crippen LogP contribution in [0.4, 0.5) is 5.69 Å². The van der Waals surface area contributed by atoms with Crippen LogP contribution < -0.4 is 15.8 Å². The largest absolute Gasteiger partial charge is 0.370 e. The highest BCUT2D eigenvalue weighted by atomic mass is 16.1. The second kappa shape index (κ2) is 7.67. The van der Waals surface area contributed by atoms with Gasteiger partial charge in [0.1, 0.15) is 0 Å². The Balaban J connectivity index is 1.70. The minimum atomic E-state index is -0.0775. The molecule has 0 spiro atoms. The molecule has 0 radical (unpaired) electrons. The predicted octanol–water partition coefficient (Wildman–Crippen LogP) is 1.52. The first-order valence-electron chi connectivity index (χ1n) is 9.32. The molecule has 0 unspecified atom stereocenters. The summed E-state index contributed by atoms with van der Waals surface area (Å²) in [4.78, 5) is 25.8. The molecule has 28 heavy (non-hydrogen) atoms. The van der Waals surface area contributed by atoms with E-state index in [2.05, 4.69) is 20.5 Å². The van der Waals surface area contributed by atoms with Crippen molar-refractivity contribution in [2.24, 2.45) is 0 Å². The molecular formula is C20H22N6O2. The fourth-order valence-electron chi connectivity index (χ4n) is 3.64. The van der Waals surface area contributed by atoms with Gasteiger partial charge in [-0.15, -0.1) is 5.10 Å². The first kappa shape index (κ1) is 18.0. The second-order valence-electron chi connectivity index (χ2n) is 6.89. The van der Waals surface area contributed by atoms with E-state index in [1.807, 2.05) is 24.3 Å². The molecule has 1 aliphatic rings. The van der Waals surface area contributed by atoms with Gasteiger partial charge in [-0.25, -0.2) is 4.68 Å². The average Bonchev–Trinajstić information content (AvgIpc) is 3.23.